The number of amides is 1. The molecule has 20 heavy (non-hydrogen) atoms. The van der Waals surface area contributed by atoms with E-state index in [2.05, 4.69) is 37.8 Å². The van der Waals surface area contributed by atoms with E-state index in [1.807, 2.05) is 11.3 Å². The first-order chi connectivity index (χ1) is 9.34. The molecule has 2 heterocycles. The van der Waals surface area contributed by atoms with E-state index in [4.69, 9.17) is 5.73 Å². The molecular formula is C16H26N2OS. The third-order valence-electron chi connectivity index (χ3n) is 3.98. The molecule has 112 valence electrons. The molecule has 4 heteroatoms. The lowest BCUT2D eigenvalue weighted by atomic mass is 9.93. The van der Waals surface area contributed by atoms with Gasteiger partial charge in [-0.25, -0.2) is 0 Å². The minimum Gasteiger partial charge on any atom is -0.370 e. The largest absolute Gasteiger partial charge is 0.370 e. The third kappa shape index (κ3) is 4.32. The number of primary amides is 1. The summed E-state index contributed by atoms with van der Waals surface area (Å²) in [6.07, 6.45) is 2.75. The van der Waals surface area contributed by atoms with Crippen LogP contribution in [0, 0.1) is 5.92 Å². The van der Waals surface area contributed by atoms with Gasteiger partial charge in [0.2, 0.25) is 5.91 Å². The average Bonchev–Trinajstić information content (AvgIpc) is 2.79. The number of nitrogens with two attached hydrogens (primary N) is 1. The van der Waals surface area contributed by atoms with Crippen LogP contribution in [0.1, 0.15) is 49.8 Å². The highest BCUT2D eigenvalue weighted by Gasteiger charge is 2.22. The van der Waals surface area contributed by atoms with Gasteiger partial charge in [-0.1, -0.05) is 20.8 Å². The van der Waals surface area contributed by atoms with E-state index < -0.39 is 0 Å². The second-order valence-electron chi connectivity index (χ2n) is 6.91. The number of rotatable bonds is 4. The van der Waals surface area contributed by atoms with Crippen LogP contribution in [0.3, 0.4) is 0 Å². The minimum atomic E-state index is -0.156. The molecule has 1 fully saturated rings. The van der Waals surface area contributed by atoms with Crippen molar-refractivity contribution in [3.8, 4) is 0 Å². The van der Waals surface area contributed by atoms with Gasteiger partial charge in [0.1, 0.15) is 0 Å². The fraction of sp³-hybridized carbons (Fsp3) is 0.688. The Morgan fingerprint density at radius 3 is 2.50 bits per heavy atom. The van der Waals surface area contributed by atoms with E-state index in [0.29, 0.717) is 12.3 Å². The normalized spacial score (nSPS) is 18.4. The van der Waals surface area contributed by atoms with E-state index in [-0.39, 0.29) is 11.3 Å². The molecule has 3 nitrogen and oxygen atoms in total. The van der Waals surface area contributed by atoms with Crippen molar-refractivity contribution in [3.05, 3.63) is 21.9 Å². The molecule has 0 saturated carbocycles. The number of hydrogen-bond donors (Lipinski definition) is 1. The van der Waals surface area contributed by atoms with Gasteiger partial charge in [-0.15, -0.1) is 11.3 Å². The SMILES string of the molecule is CC(C)(C)c1ccc(CN2CCC(CC(N)=O)CC2)s1. The summed E-state index contributed by atoms with van der Waals surface area (Å²) < 4.78 is 0. The molecule has 0 spiro atoms. The summed E-state index contributed by atoms with van der Waals surface area (Å²) in [7, 11) is 0. The lowest BCUT2D eigenvalue weighted by Gasteiger charge is -2.31. The van der Waals surface area contributed by atoms with Crippen LogP contribution in [0.2, 0.25) is 0 Å². The first kappa shape index (κ1) is 15.5. The zero-order valence-corrected chi connectivity index (χ0v) is 13.6. The number of carbonyl (C=O) groups excluding carboxylic acids is 1. The topological polar surface area (TPSA) is 46.3 Å². The van der Waals surface area contributed by atoms with Gasteiger partial charge in [0.15, 0.2) is 0 Å². The van der Waals surface area contributed by atoms with Crippen molar-refractivity contribution < 1.29 is 4.79 Å². The molecule has 1 amide bonds. The van der Waals surface area contributed by atoms with Gasteiger partial charge in [-0.2, -0.15) is 0 Å². The molecule has 1 aliphatic rings. The second-order valence-corrected chi connectivity index (χ2v) is 8.07. The van der Waals surface area contributed by atoms with E-state index >= 15 is 0 Å². The molecular weight excluding hydrogens is 268 g/mol. The molecule has 0 radical (unpaired) electrons. The van der Waals surface area contributed by atoms with Crippen molar-refractivity contribution in [1.29, 1.82) is 0 Å². The summed E-state index contributed by atoms with van der Waals surface area (Å²) in [6, 6.07) is 4.53. The van der Waals surface area contributed by atoms with Gasteiger partial charge in [-0.05, 0) is 49.4 Å². The van der Waals surface area contributed by atoms with Gasteiger partial charge < -0.3 is 5.73 Å². The lowest BCUT2D eigenvalue weighted by molar-refractivity contribution is -0.119. The fourth-order valence-electron chi connectivity index (χ4n) is 2.72. The number of likely N-dealkylation sites (tertiary alicyclic amines) is 1. The summed E-state index contributed by atoms with van der Waals surface area (Å²) in [5, 5.41) is 0. The quantitative estimate of drug-likeness (QED) is 0.927. The Bertz CT molecular complexity index is 453. The Hall–Kier alpha value is -0.870. The van der Waals surface area contributed by atoms with Crippen molar-refractivity contribution in [1.82, 2.24) is 4.90 Å². The highest BCUT2D eigenvalue weighted by Crippen LogP contribution is 2.31. The van der Waals surface area contributed by atoms with Crippen LogP contribution in [0.4, 0.5) is 0 Å². The molecule has 0 aromatic carbocycles. The first-order valence-electron chi connectivity index (χ1n) is 7.44. The Morgan fingerprint density at radius 1 is 1.35 bits per heavy atom. The molecule has 0 atom stereocenters. The summed E-state index contributed by atoms with van der Waals surface area (Å²) in [5.41, 5.74) is 5.52. The predicted octanol–water partition coefficient (Wildman–Crippen LogP) is 3.13. The maximum atomic E-state index is 10.9. The Kier molecular flexibility index (Phi) is 4.86. The number of hydrogen-bond acceptors (Lipinski definition) is 3. The Balaban J connectivity index is 1.84. The zero-order chi connectivity index (χ0) is 14.8. The van der Waals surface area contributed by atoms with E-state index in [1.54, 1.807) is 0 Å². The maximum absolute atomic E-state index is 10.9. The minimum absolute atomic E-state index is 0.156. The third-order valence-corrected chi connectivity index (χ3v) is 5.47. The Labute approximate surface area is 126 Å². The molecule has 1 saturated heterocycles. The van der Waals surface area contributed by atoms with Crippen molar-refractivity contribution in [3.63, 3.8) is 0 Å². The lowest BCUT2D eigenvalue weighted by Crippen LogP contribution is -2.34. The monoisotopic (exact) mass is 294 g/mol. The van der Waals surface area contributed by atoms with Crippen molar-refractivity contribution in [2.24, 2.45) is 11.7 Å². The zero-order valence-electron chi connectivity index (χ0n) is 12.8. The van der Waals surface area contributed by atoms with E-state index in [1.165, 1.54) is 9.75 Å². The van der Waals surface area contributed by atoms with Gasteiger partial charge in [0.25, 0.3) is 0 Å². The van der Waals surface area contributed by atoms with E-state index in [0.717, 1.165) is 32.5 Å². The molecule has 0 unspecified atom stereocenters. The number of nitrogens with zero attached hydrogens (tertiary/aromatic N) is 1. The summed E-state index contributed by atoms with van der Waals surface area (Å²) >= 11 is 1.93. The van der Waals surface area contributed by atoms with Gasteiger partial charge in [-0.3, -0.25) is 9.69 Å². The molecule has 1 aromatic rings. The van der Waals surface area contributed by atoms with E-state index in [9.17, 15) is 4.79 Å². The number of thiophene rings is 1. The van der Waals surface area contributed by atoms with Crippen LogP contribution in [0.25, 0.3) is 0 Å². The summed E-state index contributed by atoms with van der Waals surface area (Å²) in [6.45, 7) is 10.00. The number of piperidine rings is 1. The van der Waals surface area contributed by atoms with Crippen LogP contribution in [0.5, 0.6) is 0 Å². The summed E-state index contributed by atoms with van der Waals surface area (Å²) in [4.78, 5) is 16.3. The molecule has 0 aliphatic carbocycles. The van der Waals surface area contributed by atoms with Crippen LogP contribution < -0.4 is 5.73 Å². The van der Waals surface area contributed by atoms with Gasteiger partial charge in [0.05, 0.1) is 0 Å². The average molecular weight is 294 g/mol. The van der Waals surface area contributed by atoms with Crippen LogP contribution in [-0.2, 0) is 16.8 Å². The highest BCUT2D eigenvalue weighted by atomic mass is 32.1. The van der Waals surface area contributed by atoms with Gasteiger partial charge >= 0.3 is 0 Å². The highest BCUT2D eigenvalue weighted by molar-refractivity contribution is 7.12. The van der Waals surface area contributed by atoms with Gasteiger partial charge in [0, 0.05) is 22.7 Å². The molecule has 0 bridgehead atoms. The number of carbonyl (C=O) groups is 1. The van der Waals surface area contributed by atoms with Crippen LogP contribution in [0.15, 0.2) is 12.1 Å². The van der Waals surface area contributed by atoms with Crippen LogP contribution >= 0.6 is 11.3 Å². The molecule has 1 aliphatic heterocycles. The van der Waals surface area contributed by atoms with Crippen LogP contribution in [-0.4, -0.2) is 23.9 Å². The maximum Gasteiger partial charge on any atom is 0.217 e. The standard InChI is InChI=1S/C16H26N2OS/c1-16(2,3)14-5-4-13(20-14)11-18-8-6-12(7-9-18)10-15(17)19/h4-5,12H,6-11H2,1-3H3,(H2,17,19). The van der Waals surface area contributed by atoms with Crippen molar-refractivity contribution in [2.75, 3.05) is 13.1 Å². The Morgan fingerprint density at radius 2 is 2.00 bits per heavy atom. The molecule has 2 N–H and O–H groups in total. The smallest absolute Gasteiger partial charge is 0.217 e. The second kappa shape index (κ2) is 6.27. The van der Waals surface area contributed by atoms with Crippen molar-refractivity contribution >= 4 is 17.2 Å². The van der Waals surface area contributed by atoms with Crippen molar-refractivity contribution in [2.45, 2.75) is 52.0 Å². The first-order valence-corrected chi connectivity index (χ1v) is 8.26. The predicted molar refractivity (Wildman–Crippen MR) is 84.8 cm³/mol. The fourth-order valence-corrected chi connectivity index (χ4v) is 3.83. The summed E-state index contributed by atoms with van der Waals surface area (Å²) in [5.74, 6) is 0.341. The molecule has 1 aromatic heterocycles. The molecule has 2 rings (SSSR count).